The minimum absolute atomic E-state index is 0.174. The van der Waals surface area contributed by atoms with Crippen molar-refractivity contribution in [3.63, 3.8) is 0 Å². The van der Waals surface area contributed by atoms with Crippen LogP contribution in [0.15, 0.2) is 53.8 Å². The summed E-state index contributed by atoms with van der Waals surface area (Å²) in [5, 5.41) is 20.5. The van der Waals surface area contributed by atoms with Gasteiger partial charge in [0.15, 0.2) is 5.65 Å². The maximum Gasteiger partial charge on any atom is 0.337 e. The van der Waals surface area contributed by atoms with Gasteiger partial charge in [0.1, 0.15) is 5.69 Å². The molecular weight excluding hydrogens is 406 g/mol. The predicted octanol–water partition coefficient (Wildman–Crippen LogP) is 2.56. The number of hydrogen-bond donors (Lipinski definition) is 1. The summed E-state index contributed by atoms with van der Waals surface area (Å²) >= 11 is 0. The first-order chi connectivity index (χ1) is 14.9. The Morgan fingerprint density at radius 1 is 1.19 bits per heavy atom. The van der Waals surface area contributed by atoms with Crippen LogP contribution in [0.2, 0.25) is 0 Å². The highest BCUT2D eigenvalue weighted by Crippen LogP contribution is 2.35. The fourth-order valence-electron chi connectivity index (χ4n) is 3.37. The number of hydrogen-bond acceptors (Lipinski definition) is 6. The van der Waals surface area contributed by atoms with Crippen LogP contribution < -0.4 is 5.32 Å². The molecule has 0 spiro atoms. The summed E-state index contributed by atoms with van der Waals surface area (Å²) in [7, 11) is 0. The summed E-state index contributed by atoms with van der Waals surface area (Å²) in [4.78, 5) is 15.9. The molecule has 0 atom stereocenters. The quantitative estimate of drug-likeness (QED) is 0.510. The van der Waals surface area contributed by atoms with Crippen molar-refractivity contribution in [3.05, 3.63) is 65.7 Å². The summed E-state index contributed by atoms with van der Waals surface area (Å²) < 4.78 is 31.8. The van der Waals surface area contributed by atoms with Crippen molar-refractivity contribution in [1.82, 2.24) is 35.1 Å². The third-order valence-electron chi connectivity index (χ3n) is 4.98. The number of nitrogens with zero attached hydrogens (tertiary/aromatic N) is 7. The molecule has 4 aromatic rings. The number of pyridine rings is 1. The maximum absolute atomic E-state index is 15.4. The van der Waals surface area contributed by atoms with Crippen molar-refractivity contribution >= 4 is 28.3 Å². The van der Waals surface area contributed by atoms with E-state index in [-0.39, 0.29) is 17.2 Å². The Kier molecular flexibility index (Phi) is 4.31. The van der Waals surface area contributed by atoms with E-state index in [0.29, 0.717) is 35.4 Å². The Labute approximate surface area is 174 Å². The first-order valence-electron chi connectivity index (χ1n) is 9.50. The van der Waals surface area contributed by atoms with E-state index in [0.717, 1.165) is 4.52 Å². The second-order valence-electron chi connectivity index (χ2n) is 7.04. The number of benzene rings is 1. The van der Waals surface area contributed by atoms with Gasteiger partial charge in [0.05, 0.1) is 17.8 Å². The fraction of sp³-hybridized carbons (Fsp3) is 0.200. The lowest BCUT2D eigenvalue weighted by molar-refractivity contribution is 0.0307. The number of alkyl halides is 2. The van der Waals surface area contributed by atoms with E-state index in [1.165, 1.54) is 23.2 Å². The van der Waals surface area contributed by atoms with Crippen molar-refractivity contribution < 1.29 is 13.6 Å². The first-order valence-corrected chi connectivity index (χ1v) is 9.50. The zero-order valence-electron chi connectivity index (χ0n) is 16.3. The van der Waals surface area contributed by atoms with Crippen molar-refractivity contribution in [1.29, 1.82) is 0 Å². The number of fused-ring (bicyclic) bond motifs is 2. The summed E-state index contributed by atoms with van der Waals surface area (Å²) in [5.74, 6) is -4.06. The molecular formula is C20H16F2N8O. The van der Waals surface area contributed by atoms with Gasteiger partial charge in [0, 0.05) is 23.7 Å². The Morgan fingerprint density at radius 2 is 2.06 bits per heavy atom. The van der Waals surface area contributed by atoms with Gasteiger partial charge in [0.2, 0.25) is 5.82 Å². The third kappa shape index (κ3) is 3.23. The van der Waals surface area contributed by atoms with Crippen LogP contribution >= 0.6 is 0 Å². The molecule has 0 bridgehead atoms. The highest BCUT2D eigenvalue weighted by molar-refractivity contribution is 5.97. The SMILES string of the molecule is C/C(=N/N1CCNC1=O)c1ccc2nnc(C(F)(F)c3ccc4ncccc4c3)n2n1. The average Bonchev–Trinajstić information content (AvgIpc) is 3.39. The molecule has 0 saturated carbocycles. The van der Waals surface area contributed by atoms with E-state index in [1.54, 1.807) is 37.4 Å². The molecule has 156 valence electrons. The minimum Gasteiger partial charge on any atom is -0.335 e. The van der Waals surface area contributed by atoms with Gasteiger partial charge in [-0.2, -0.15) is 23.5 Å². The number of aromatic nitrogens is 5. The van der Waals surface area contributed by atoms with Gasteiger partial charge in [0.25, 0.3) is 0 Å². The van der Waals surface area contributed by atoms with E-state index >= 15 is 8.78 Å². The Bertz CT molecular complexity index is 1350. The molecule has 0 unspecified atom stereocenters. The van der Waals surface area contributed by atoms with Crippen LogP contribution in [-0.2, 0) is 5.92 Å². The molecule has 3 aromatic heterocycles. The Morgan fingerprint density at radius 3 is 2.87 bits per heavy atom. The van der Waals surface area contributed by atoms with E-state index in [1.807, 2.05) is 0 Å². The van der Waals surface area contributed by atoms with Gasteiger partial charge >= 0.3 is 12.0 Å². The number of urea groups is 1. The normalized spacial score (nSPS) is 15.1. The van der Waals surface area contributed by atoms with Gasteiger partial charge in [-0.25, -0.2) is 9.80 Å². The van der Waals surface area contributed by atoms with E-state index < -0.39 is 11.7 Å². The van der Waals surface area contributed by atoms with Crippen LogP contribution in [-0.4, -0.2) is 54.6 Å². The summed E-state index contributed by atoms with van der Waals surface area (Å²) in [6.45, 7) is 2.56. The molecule has 5 rings (SSSR count). The molecule has 11 heteroatoms. The molecule has 1 fully saturated rings. The van der Waals surface area contributed by atoms with Crippen molar-refractivity contribution in [2.45, 2.75) is 12.8 Å². The van der Waals surface area contributed by atoms with Gasteiger partial charge in [-0.3, -0.25) is 4.98 Å². The Balaban J connectivity index is 1.57. The largest absolute Gasteiger partial charge is 0.337 e. The van der Waals surface area contributed by atoms with Crippen LogP contribution in [0.4, 0.5) is 13.6 Å². The van der Waals surface area contributed by atoms with E-state index in [2.05, 4.69) is 30.7 Å². The molecule has 2 amide bonds. The zero-order chi connectivity index (χ0) is 21.6. The molecule has 31 heavy (non-hydrogen) atoms. The number of nitrogens with one attached hydrogen (secondary N) is 1. The third-order valence-corrected chi connectivity index (χ3v) is 4.98. The summed E-state index contributed by atoms with van der Waals surface area (Å²) in [5.41, 5.74) is 1.28. The van der Waals surface area contributed by atoms with Crippen LogP contribution in [0, 0.1) is 0 Å². The number of carbonyl (C=O) groups excluding carboxylic acids is 1. The van der Waals surface area contributed by atoms with Crippen molar-refractivity contribution in [2.24, 2.45) is 5.10 Å². The van der Waals surface area contributed by atoms with Gasteiger partial charge in [-0.05, 0) is 37.3 Å². The Hall–Kier alpha value is -4.02. The van der Waals surface area contributed by atoms with Crippen molar-refractivity contribution in [2.75, 3.05) is 13.1 Å². The lowest BCUT2D eigenvalue weighted by Crippen LogP contribution is -2.25. The van der Waals surface area contributed by atoms with E-state index in [9.17, 15) is 4.79 Å². The number of hydrazone groups is 1. The molecule has 0 radical (unpaired) electrons. The smallest absolute Gasteiger partial charge is 0.335 e. The topological polar surface area (TPSA) is 101 Å². The van der Waals surface area contributed by atoms with Crippen molar-refractivity contribution in [3.8, 4) is 0 Å². The lowest BCUT2D eigenvalue weighted by Gasteiger charge is -2.15. The second-order valence-corrected chi connectivity index (χ2v) is 7.04. The molecule has 9 nitrogen and oxygen atoms in total. The standard InChI is InChI=1S/C20H16F2N8O/c1-12(27-29-10-9-24-19(29)31)15-6-7-17-25-26-18(30(17)28-15)20(21,22)14-4-5-16-13(11-14)3-2-8-23-16/h2-8,11H,9-10H2,1H3,(H,24,31)/b27-12-. The van der Waals surface area contributed by atoms with E-state index in [4.69, 9.17) is 0 Å². The molecule has 1 aliphatic heterocycles. The number of halogens is 2. The minimum atomic E-state index is -3.45. The number of carbonyl (C=O) groups is 1. The second kappa shape index (κ2) is 7.04. The van der Waals surface area contributed by atoms with Crippen LogP contribution in [0.5, 0.6) is 0 Å². The number of amides is 2. The summed E-state index contributed by atoms with van der Waals surface area (Å²) in [6, 6.07) is 10.5. The zero-order valence-corrected chi connectivity index (χ0v) is 16.3. The highest BCUT2D eigenvalue weighted by atomic mass is 19.3. The van der Waals surface area contributed by atoms with Crippen LogP contribution in [0.25, 0.3) is 16.6 Å². The monoisotopic (exact) mass is 422 g/mol. The van der Waals surface area contributed by atoms with Gasteiger partial charge in [-0.1, -0.05) is 12.1 Å². The molecule has 0 aliphatic carbocycles. The average molecular weight is 422 g/mol. The van der Waals surface area contributed by atoms with Crippen LogP contribution in [0.3, 0.4) is 0 Å². The van der Waals surface area contributed by atoms with Gasteiger partial charge in [-0.15, -0.1) is 10.2 Å². The molecule has 1 aromatic carbocycles. The van der Waals surface area contributed by atoms with Gasteiger partial charge < -0.3 is 5.32 Å². The first kappa shape index (κ1) is 19.0. The molecule has 1 saturated heterocycles. The number of rotatable bonds is 4. The van der Waals surface area contributed by atoms with Crippen LogP contribution in [0.1, 0.15) is 24.0 Å². The highest BCUT2D eigenvalue weighted by Gasteiger charge is 2.40. The maximum atomic E-state index is 15.4. The molecule has 1 aliphatic rings. The fourth-order valence-corrected chi connectivity index (χ4v) is 3.37. The predicted molar refractivity (Wildman–Crippen MR) is 108 cm³/mol. The molecule has 1 N–H and O–H groups in total. The molecule has 4 heterocycles. The summed E-state index contributed by atoms with van der Waals surface area (Å²) in [6.07, 6.45) is 1.60. The lowest BCUT2D eigenvalue weighted by atomic mass is 10.0.